The summed E-state index contributed by atoms with van der Waals surface area (Å²) in [6.07, 6.45) is 4.36. The van der Waals surface area contributed by atoms with E-state index in [1.54, 1.807) is 18.2 Å². The average molecular weight is 525 g/mol. The Hall–Kier alpha value is -4.20. The molecule has 1 saturated heterocycles. The highest BCUT2D eigenvalue weighted by Gasteiger charge is 2.51. The van der Waals surface area contributed by atoms with Crippen molar-refractivity contribution in [1.29, 1.82) is 0 Å². The summed E-state index contributed by atoms with van der Waals surface area (Å²) in [6.45, 7) is 3.84. The summed E-state index contributed by atoms with van der Waals surface area (Å²) in [4.78, 5) is 45.8. The fourth-order valence-corrected chi connectivity index (χ4v) is 6.35. The number of hydrogen-bond donors (Lipinski definition) is 2. The van der Waals surface area contributed by atoms with E-state index in [2.05, 4.69) is 15.6 Å². The van der Waals surface area contributed by atoms with E-state index >= 15 is 0 Å². The summed E-state index contributed by atoms with van der Waals surface area (Å²) >= 11 is 0. The van der Waals surface area contributed by atoms with Crippen LogP contribution in [0.5, 0.6) is 5.75 Å². The number of amides is 3. The molecule has 0 bridgehead atoms. The number of pyridine rings is 1. The fourth-order valence-electron chi connectivity index (χ4n) is 6.35. The molecule has 6 rings (SSSR count). The lowest BCUT2D eigenvalue weighted by Gasteiger charge is -2.43. The van der Waals surface area contributed by atoms with Gasteiger partial charge < -0.3 is 20.3 Å². The molecule has 0 unspecified atom stereocenters. The molecule has 2 aliphatic heterocycles. The standard InChI is InChI=1S/C31H32N4O4/c1-30(2)13-12-25(19-7-10-23(39-3)11-8-19)35(29(30)38)18-26(36)33-22-9-6-20-16-31(17-21(20)15-22)24-5-4-14-32-27(24)34-28(31)37/h4-11,14-15,25H,12-13,16-18H2,1-3H3,(H,33,36)(H,32,34,37)/t25-,31-/m1/s1. The van der Waals surface area contributed by atoms with Gasteiger partial charge in [0.05, 0.1) is 18.6 Å². The number of benzene rings is 2. The summed E-state index contributed by atoms with van der Waals surface area (Å²) in [5, 5.41) is 5.93. The number of nitrogens with zero attached hydrogens (tertiary/aromatic N) is 2. The van der Waals surface area contributed by atoms with Crippen LogP contribution in [0, 0.1) is 5.41 Å². The third kappa shape index (κ3) is 4.24. The van der Waals surface area contributed by atoms with Crippen molar-refractivity contribution in [3.8, 4) is 5.75 Å². The van der Waals surface area contributed by atoms with Gasteiger partial charge in [0.2, 0.25) is 17.7 Å². The fraction of sp³-hybridized carbons (Fsp3) is 0.355. The number of methoxy groups -OCH3 is 1. The van der Waals surface area contributed by atoms with Gasteiger partial charge in [-0.05, 0) is 72.7 Å². The van der Waals surface area contributed by atoms with Gasteiger partial charge in [-0.25, -0.2) is 4.98 Å². The summed E-state index contributed by atoms with van der Waals surface area (Å²) in [5.74, 6) is 1.07. The zero-order valence-corrected chi connectivity index (χ0v) is 22.4. The predicted octanol–water partition coefficient (Wildman–Crippen LogP) is 4.41. The van der Waals surface area contributed by atoms with Gasteiger partial charge in [-0.3, -0.25) is 14.4 Å². The van der Waals surface area contributed by atoms with Crippen molar-refractivity contribution in [2.75, 3.05) is 24.3 Å². The van der Waals surface area contributed by atoms with Crippen LogP contribution in [-0.4, -0.2) is 41.3 Å². The molecule has 8 nitrogen and oxygen atoms in total. The monoisotopic (exact) mass is 524 g/mol. The van der Waals surface area contributed by atoms with Gasteiger partial charge >= 0.3 is 0 Å². The molecule has 39 heavy (non-hydrogen) atoms. The number of carbonyl (C=O) groups is 3. The lowest BCUT2D eigenvalue weighted by molar-refractivity contribution is -0.150. The molecule has 1 aliphatic carbocycles. The van der Waals surface area contributed by atoms with Crippen LogP contribution in [-0.2, 0) is 32.6 Å². The first-order valence-electron chi connectivity index (χ1n) is 13.3. The topological polar surface area (TPSA) is 101 Å². The maximum absolute atomic E-state index is 13.4. The molecule has 2 aromatic carbocycles. The molecule has 8 heteroatoms. The third-order valence-corrected chi connectivity index (χ3v) is 8.54. The minimum atomic E-state index is -0.661. The van der Waals surface area contributed by atoms with E-state index in [1.807, 2.05) is 68.4 Å². The predicted molar refractivity (Wildman–Crippen MR) is 147 cm³/mol. The zero-order valence-electron chi connectivity index (χ0n) is 22.4. The van der Waals surface area contributed by atoms with Crippen molar-refractivity contribution in [2.45, 2.75) is 51.0 Å². The van der Waals surface area contributed by atoms with Crippen molar-refractivity contribution in [3.63, 3.8) is 0 Å². The molecule has 3 aromatic rings. The second-order valence-electron chi connectivity index (χ2n) is 11.5. The number of carbonyl (C=O) groups excluding carboxylic acids is 3. The number of rotatable bonds is 5. The molecule has 2 atom stereocenters. The zero-order chi connectivity index (χ0) is 27.4. The van der Waals surface area contributed by atoms with Gasteiger partial charge in [0, 0.05) is 22.9 Å². The van der Waals surface area contributed by atoms with Crippen molar-refractivity contribution in [1.82, 2.24) is 9.88 Å². The molecule has 3 heterocycles. The van der Waals surface area contributed by atoms with Gasteiger partial charge in [0.15, 0.2) is 0 Å². The van der Waals surface area contributed by atoms with Gasteiger partial charge in [0.25, 0.3) is 0 Å². The molecule has 3 amide bonds. The van der Waals surface area contributed by atoms with E-state index in [1.165, 1.54) is 0 Å². The number of ether oxygens (including phenoxy) is 1. The molecule has 1 aromatic heterocycles. The van der Waals surface area contributed by atoms with Crippen LogP contribution >= 0.6 is 0 Å². The van der Waals surface area contributed by atoms with Gasteiger partial charge in [0.1, 0.15) is 18.1 Å². The van der Waals surface area contributed by atoms with Crippen molar-refractivity contribution >= 4 is 29.2 Å². The lowest BCUT2D eigenvalue weighted by atomic mass is 9.78. The quantitative estimate of drug-likeness (QED) is 0.515. The summed E-state index contributed by atoms with van der Waals surface area (Å²) < 4.78 is 5.28. The largest absolute Gasteiger partial charge is 0.497 e. The third-order valence-electron chi connectivity index (χ3n) is 8.54. The SMILES string of the molecule is COc1ccc([C@H]2CCC(C)(C)C(=O)N2CC(=O)Nc2ccc3c(c2)C[C@@]2(C3)C(=O)Nc3ncccc32)cc1. The van der Waals surface area contributed by atoms with Crippen LogP contribution < -0.4 is 15.4 Å². The Kier molecular flexibility index (Phi) is 5.93. The van der Waals surface area contributed by atoms with E-state index in [0.717, 1.165) is 40.8 Å². The Morgan fingerprint density at radius 1 is 1.10 bits per heavy atom. The minimum absolute atomic E-state index is 0.0277. The molecule has 3 aliphatic rings. The normalized spacial score (nSPS) is 22.8. The number of fused-ring (bicyclic) bond motifs is 3. The Labute approximate surface area is 227 Å². The minimum Gasteiger partial charge on any atom is -0.497 e. The van der Waals surface area contributed by atoms with Gasteiger partial charge in [-0.1, -0.05) is 38.1 Å². The Balaban J connectivity index is 1.20. The van der Waals surface area contributed by atoms with E-state index in [-0.39, 0.29) is 30.3 Å². The highest BCUT2D eigenvalue weighted by atomic mass is 16.5. The molecule has 0 saturated carbocycles. The summed E-state index contributed by atoms with van der Waals surface area (Å²) in [6, 6.07) is 17.1. The number of piperidine rings is 1. The number of likely N-dealkylation sites (tertiary alicyclic amines) is 1. The molecule has 0 radical (unpaired) electrons. The molecule has 1 fully saturated rings. The van der Waals surface area contributed by atoms with Crippen LogP contribution in [0.4, 0.5) is 11.5 Å². The molecule has 200 valence electrons. The number of anilines is 2. The van der Waals surface area contributed by atoms with Gasteiger partial charge in [-0.15, -0.1) is 0 Å². The van der Waals surface area contributed by atoms with E-state index < -0.39 is 10.8 Å². The number of nitrogens with one attached hydrogen (secondary N) is 2. The van der Waals surface area contributed by atoms with Crippen LogP contribution in [0.2, 0.25) is 0 Å². The molecule has 2 N–H and O–H groups in total. The van der Waals surface area contributed by atoms with E-state index in [4.69, 9.17) is 4.74 Å². The highest BCUT2D eigenvalue weighted by Crippen LogP contribution is 2.47. The maximum atomic E-state index is 13.4. The van der Waals surface area contributed by atoms with Crippen LogP contribution in [0.15, 0.2) is 60.8 Å². The van der Waals surface area contributed by atoms with Crippen molar-refractivity contribution in [3.05, 3.63) is 83.0 Å². The first kappa shape index (κ1) is 25.1. The lowest BCUT2D eigenvalue weighted by Crippen LogP contribution is -2.50. The van der Waals surface area contributed by atoms with E-state index in [9.17, 15) is 14.4 Å². The van der Waals surface area contributed by atoms with Crippen molar-refractivity contribution < 1.29 is 19.1 Å². The summed E-state index contributed by atoms with van der Waals surface area (Å²) in [7, 11) is 1.62. The first-order chi connectivity index (χ1) is 18.7. The number of aromatic nitrogens is 1. The van der Waals surface area contributed by atoms with Crippen LogP contribution in [0.3, 0.4) is 0 Å². The van der Waals surface area contributed by atoms with Gasteiger partial charge in [-0.2, -0.15) is 0 Å². The second kappa shape index (κ2) is 9.22. The van der Waals surface area contributed by atoms with Crippen LogP contribution in [0.1, 0.15) is 55.0 Å². The molecule has 1 spiro atoms. The van der Waals surface area contributed by atoms with E-state index in [0.29, 0.717) is 24.3 Å². The summed E-state index contributed by atoms with van der Waals surface area (Å²) in [5.41, 5.74) is 3.50. The first-order valence-corrected chi connectivity index (χ1v) is 13.3. The number of hydrogen-bond acceptors (Lipinski definition) is 5. The second-order valence-corrected chi connectivity index (χ2v) is 11.5. The average Bonchev–Trinajstić information content (AvgIpc) is 3.44. The smallest absolute Gasteiger partial charge is 0.244 e. The Morgan fingerprint density at radius 3 is 2.64 bits per heavy atom. The van der Waals surface area contributed by atoms with Crippen LogP contribution in [0.25, 0.3) is 0 Å². The highest BCUT2D eigenvalue weighted by molar-refractivity contribution is 6.06. The van der Waals surface area contributed by atoms with Crippen molar-refractivity contribution in [2.24, 2.45) is 5.41 Å². The maximum Gasteiger partial charge on any atom is 0.244 e. The molecular formula is C31H32N4O4. The Morgan fingerprint density at radius 2 is 1.87 bits per heavy atom. The Bertz CT molecular complexity index is 1480. The molecular weight excluding hydrogens is 492 g/mol.